The molecular formula is C14H14N4OS. The first-order valence-electron chi connectivity index (χ1n) is 6.29. The quantitative estimate of drug-likeness (QED) is 0.777. The monoisotopic (exact) mass is 286 g/mol. The highest BCUT2D eigenvalue weighted by Gasteiger charge is 2.14. The van der Waals surface area contributed by atoms with Gasteiger partial charge in [0.2, 0.25) is 0 Å². The van der Waals surface area contributed by atoms with E-state index in [0.29, 0.717) is 12.2 Å². The number of thiazole rings is 1. The molecule has 0 unspecified atom stereocenters. The number of para-hydroxylation sites is 1. The molecule has 2 heterocycles. The van der Waals surface area contributed by atoms with Gasteiger partial charge in [-0.1, -0.05) is 18.2 Å². The zero-order valence-corrected chi connectivity index (χ0v) is 12.0. The van der Waals surface area contributed by atoms with Gasteiger partial charge in [0.1, 0.15) is 0 Å². The number of aryl methyl sites for hydroxylation is 2. The van der Waals surface area contributed by atoms with Crippen LogP contribution in [0, 0.1) is 13.8 Å². The van der Waals surface area contributed by atoms with Gasteiger partial charge in [-0.2, -0.15) is 5.10 Å². The summed E-state index contributed by atoms with van der Waals surface area (Å²) in [7, 11) is 0. The van der Waals surface area contributed by atoms with Crippen molar-refractivity contribution in [2.24, 2.45) is 0 Å². The SMILES string of the molecule is Cc1nc(C)c(CNC(=O)c2n[nH]c3ccccc23)s1. The van der Waals surface area contributed by atoms with E-state index < -0.39 is 0 Å². The lowest BCUT2D eigenvalue weighted by molar-refractivity contribution is 0.0948. The van der Waals surface area contributed by atoms with Crippen molar-refractivity contribution < 1.29 is 4.79 Å². The van der Waals surface area contributed by atoms with E-state index in [2.05, 4.69) is 20.5 Å². The Morgan fingerprint density at radius 1 is 1.35 bits per heavy atom. The number of rotatable bonds is 3. The number of carbonyl (C=O) groups excluding carboxylic acids is 1. The number of amides is 1. The van der Waals surface area contributed by atoms with Crippen molar-refractivity contribution >= 4 is 28.1 Å². The summed E-state index contributed by atoms with van der Waals surface area (Å²) in [5, 5.41) is 11.7. The van der Waals surface area contributed by atoms with Gasteiger partial charge < -0.3 is 5.32 Å². The van der Waals surface area contributed by atoms with Crippen LogP contribution in [0.2, 0.25) is 0 Å². The highest BCUT2D eigenvalue weighted by atomic mass is 32.1. The molecule has 1 aromatic carbocycles. The molecule has 102 valence electrons. The normalized spacial score (nSPS) is 10.9. The van der Waals surface area contributed by atoms with Gasteiger partial charge in [-0.15, -0.1) is 11.3 Å². The predicted octanol–water partition coefficient (Wildman–Crippen LogP) is 2.57. The fourth-order valence-electron chi connectivity index (χ4n) is 2.12. The topological polar surface area (TPSA) is 70.7 Å². The second-order valence-electron chi connectivity index (χ2n) is 4.54. The van der Waals surface area contributed by atoms with Crippen molar-refractivity contribution in [2.75, 3.05) is 0 Å². The Kier molecular flexibility index (Phi) is 3.23. The van der Waals surface area contributed by atoms with Gasteiger partial charge in [-0.25, -0.2) is 4.98 Å². The number of hydrogen-bond acceptors (Lipinski definition) is 4. The lowest BCUT2D eigenvalue weighted by atomic mass is 10.2. The van der Waals surface area contributed by atoms with Crippen LogP contribution >= 0.6 is 11.3 Å². The second kappa shape index (κ2) is 5.05. The molecule has 0 bridgehead atoms. The summed E-state index contributed by atoms with van der Waals surface area (Å²) in [6.45, 7) is 4.40. The molecule has 5 nitrogen and oxygen atoms in total. The third kappa shape index (κ3) is 2.30. The van der Waals surface area contributed by atoms with Gasteiger partial charge in [0.15, 0.2) is 5.69 Å². The van der Waals surface area contributed by atoms with Crippen molar-refractivity contribution in [1.82, 2.24) is 20.5 Å². The van der Waals surface area contributed by atoms with E-state index in [1.165, 1.54) is 0 Å². The summed E-state index contributed by atoms with van der Waals surface area (Å²) < 4.78 is 0. The highest BCUT2D eigenvalue weighted by Crippen LogP contribution is 2.18. The van der Waals surface area contributed by atoms with E-state index in [0.717, 1.165) is 26.5 Å². The molecule has 0 aliphatic carbocycles. The van der Waals surface area contributed by atoms with Gasteiger partial charge in [0, 0.05) is 10.3 Å². The summed E-state index contributed by atoms with van der Waals surface area (Å²) >= 11 is 1.60. The molecule has 2 N–H and O–H groups in total. The molecule has 3 aromatic rings. The minimum absolute atomic E-state index is 0.173. The fraction of sp³-hybridized carbons (Fsp3) is 0.214. The number of nitrogens with one attached hydrogen (secondary N) is 2. The third-order valence-corrected chi connectivity index (χ3v) is 4.17. The first kappa shape index (κ1) is 12.8. The van der Waals surface area contributed by atoms with Crippen LogP contribution in [0.5, 0.6) is 0 Å². The highest BCUT2D eigenvalue weighted by molar-refractivity contribution is 7.11. The van der Waals surface area contributed by atoms with Gasteiger partial charge in [0.25, 0.3) is 5.91 Å². The Morgan fingerprint density at radius 2 is 2.15 bits per heavy atom. The number of nitrogens with zero attached hydrogens (tertiary/aromatic N) is 2. The Hall–Kier alpha value is -2.21. The molecule has 1 amide bonds. The summed E-state index contributed by atoms with van der Waals surface area (Å²) in [4.78, 5) is 17.6. The molecule has 0 saturated carbocycles. The Morgan fingerprint density at radius 3 is 2.90 bits per heavy atom. The van der Waals surface area contributed by atoms with Crippen LogP contribution in [-0.2, 0) is 6.54 Å². The third-order valence-electron chi connectivity index (χ3n) is 3.09. The van der Waals surface area contributed by atoms with Crippen molar-refractivity contribution in [3.8, 4) is 0 Å². The number of carbonyl (C=O) groups is 1. The number of benzene rings is 1. The number of hydrogen-bond donors (Lipinski definition) is 2. The van der Waals surface area contributed by atoms with Crippen LogP contribution in [0.25, 0.3) is 10.9 Å². The number of aromatic nitrogens is 3. The van der Waals surface area contributed by atoms with E-state index in [-0.39, 0.29) is 5.91 Å². The average Bonchev–Trinajstić information content (AvgIpc) is 2.99. The van der Waals surface area contributed by atoms with Crippen LogP contribution in [-0.4, -0.2) is 21.1 Å². The standard InChI is InChI=1S/C14H14N4OS/c1-8-12(20-9(2)16-8)7-15-14(19)13-10-5-3-4-6-11(10)17-18-13/h3-6H,7H2,1-2H3,(H,15,19)(H,17,18). The summed E-state index contributed by atoms with van der Waals surface area (Å²) in [5.74, 6) is -0.173. The summed E-state index contributed by atoms with van der Waals surface area (Å²) in [5.41, 5.74) is 2.27. The maximum Gasteiger partial charge on any atom is 0.272 e. The van der Waals surface area contributed by atoms with E-state index in [1.54, 1.807) is 11.3 Å². The second-order valence-corrected chi connectivity index (χ2v) is 5.83. The fourth-order valence-corrected chi connectivity index (χ4v) is 3.00. The Balaban J connectivity index is 1.78. The zero-order valence-electron chi connectivity index (χ0n) is 11.2. The molecule has 0 aliphatic heterocycles. The summed E-state index contributed by atoms with van der Waals surface area (Å²) in [6.07, 6.45) is 0. The van der Waals surface area contributed by atoms with Gasteiger partial charge in [0.05, 0.1) is 22.8 Å². The molecule has 2 aromatic heterocycles. The molecule has 0 atom stereocenters. The van der Waals surface area contributed by atoms with Crippen LogP contribution in [0.4, 0.5) is 0 Å². The van der Waals surface area contributed by atoms with Crippen LogP contribution in [0.1, 0.15) is 26.1 Å². The van der Waals surface area contributed by atoms with Gasteiger partial charge >= 0.3 is 0 Å². The summed E-state index contributed by atoms with van der Waals surface area (Å²) in [6, 6.07) is 7.59. The van der Waals surface area contributed by atoms with E-state index in [1.807, 2.05) is 38.1 Å². The largest absolute Gasteiger partial charge is 0.346 e. The first-order valence-corrected chi connectivity index (χ1v) is 7.11. The van der Waals surface area contributed by atoms with Gasteiger partial charge in [-0.3, -0.25) is 9.89 Å². The van der Waals surface area contributed by atoms with E-state index in [4.69, 9.17) is 0 Å². The Labute approximate surface area is 120 Å². The lowest BCUT2D eigenvalue weighted by Gasteiger charge is -2.02. The molecule has 0 radical (unpaired) electrons. The van der Waals surface area contributed by atoms with Crippen LogP contribution < -0.4 is 5.32 Å². The van der Waals surface area contributed by atoms with E-state index in [9.17, 15) is 4.79 Å². The minimum Gasteiger partial charge on any atom is -0.346 e. The molecule has 0 saturated heterocycles. The number of H-pyrrole nitrogens is 1. The molecule has 0 fully saturated rings. The average molecular weight is 286 g/mol. The molecule has 0 spiro atoms. The Bertz CT molecular complexity index is 774. The van der Waals surface area contributed by atoms with Crippen molar-refractivity contribution in [3.63, 3.8) is 0 Å². The predicted molar refractivity (Wildman–Crippen MR) is 78.9 cm³/mol. The maximum atomic E-state index is 12.2. The zero-order chi connectivity index (χ0) is 14.1. The smallest absolute Gasteiger partial charge is 0.272 e. The van der Waals surface area contributed by atoms with Crippen LogP contribution in [0.3, 0.4) is 0 Å². The van der Waals surface area contributed by atoms with Crippen LogP contribution in [0.15, 0.2) is 24.3 Å². The minimum atomic E-state index is -0.173. The van der Waals surface area contributed by atoms with Crippen molar-refractivity contribution in [2.45, 2.75) is 20.4 Å². The van der Waals surface area contributed by atoms with Gasteiger partial charge in [-0.05, 0) is 19.9 Å². The number of aromatic amines is 1. The first-order chi connectivity index (χ1) is 9.65. The molecule has 3 rings (SSSR count). The van der Waals surface area contributed by atoms with Crippen molar-refractivity contribution in [3.05, 3.63) is 45.5 Å². The maximum absolute atomic E-state index is 12.2. The van der Waals surface area contributed by atoms with E-state index >= 15 is 0 Å². The molecule has 6 heteroatoms. The molecule has 0 aliphatic rings. The molecular weight excluding hydrogens is 272 g/mol. The molecule has 20 heavy (non-hydrogen) atoms. The lowest BCUT2D eigenvalue weighted by Crippen LogP contribution is -2.23. The van der Waals surface area contributed by atoms with Crippen molar-refractivity contribution in [1.29, 1.82) is 0 Å². The number of fused-ring (bicyclic) bond motifs is 1.